The second kappa shape index (κ2) is 6.70. The van der Waals surface area contributed by atoms with Crippen molar-refractivity contribution in [3.63, 3.8) is 0 Å². The highest BCUT2D eigenvalue weighted by molar-refractivity contribution is 5.91. The molecule has 7 heteroatoms. The van der Waals surface area contributed by atoms with Gasteiger partial charge in [-0.15, -0.1) is 0 Å². The Morgan fingerprint density at radius 2 is 2.04 bits per heavy atom. The molecule has 3 rings (SSSR count). The Labute approximate surface area is 135 Å². The summed E-state index contributed by atoms with van der Waals surface area (Å²) in [7, 11) is 3.67. The summed E-state index contributed by atoms with van der Waals surface area (Å²) in [5.74, 6) is 0.606. The number of hydrogen-bond acceptors (Lipinski definition) is 5. The van der Waals surface area contributed by atoms with E-state index in [1.54, 1.807) is 13.1 Å². The summed E-state index contributed by atoms with van der Waals surface area (Å²) >= 11 is 0. The van der Waals surface area contributed by atoms with Crippen LogP contribution in [-0.4, -0.2) is 54.6 Å². The molecule has 2 N–H and O–H groups in total. The molecule has 0 aromatic carbocycles. The van der Waals surface area contributed by atoms with Gasteiger partial charge in [-0.25, -0.2) is 0 Å². The minimum absolute atomic E-state index is 0.0563. The van der Waals surface area contributed by atoms with E-state index in [4.69, 9.17) is 4.52 Å². The first-order valence-electron chi connectivity index (χ1n) is 8.25. The molecule has 1 aromatic rings. The van der Waals surface area contributed by atoms with Gasteiger partial charge in [0, 0.05) is 44.1 Å². The van der Waals surface area contributed by atoms with E-state index in [9.17, 15) is 9.59 Å². The zero-order valence-electron chi connectivity index (χ0n) is 13.7. The Morgan fingerprint density at radius 1 is 1.30 bits per heavy atom. The first-order chi connectivity index (χ1) is 11.1. The lowest BCUT2D eigenvalue weighted by atomic mass is 10.1. The number of nitrogens with zero attached hydrogens (tertiary/aromatic N) is 2. The molecule has 2 fully saturated rings. The summed E-state index contributed by atoms with van der Waals surface area (Å²) in [6.07, 6.45) is 4.71. The van der Waals surface area contributed by atoms with Crippen molar-refractivity contribution < 1.29 is 14.1 Å². The topological polar surface area (TPSA) is 87.5 Å². The summed E-state index contributed by atoms with van der Waals surface area (Å²) in [6.45, 7) is 0.555. The van der Waals surface area contributed by atoms with Gasteiger partial charge in [-0.2, -0.15) is 0 Å². The number of carbonyl (C=O) groups excluding carboxylic acids is 2. The molecule has 126 valence electrons. The number of hydrogen-bond donors (Lipinski definition) is 2. The molecule has 1 aromatic heterocycles. The van der Waals surface area contributed by atoms with Crippen molar-refractivity contribution in [2.24, 2.45) is 0 Å². The van der Waals surface area contributed by atoms with E-state index >= 15 is 0 Å². The lowest BCUT2D eigenvalue weighted by Gasteiger charge is -2.25. The highest BCUT2D eigenvalue weighted by atomic mass is 16.5. The maximum atomic E-state index is 12.1. The minimum Gasteiger partial charge on any atom is -0.359 e. The first kappa shape index (κ1) is 16.0. The highest BCUT2D eigenvalue weighted by Gasteiger charge is 2.32. The van der Waals surface area contributed by atoms with Crippen LogP contribution in [0.4, 0.5) is 0 Å². The maximum absolute atomic E-state index is 12.1. The van der Waals surface area contributed by atoms with Gasteiger partial charge in [0.1, 0.15) is 0 Å². The maximum Gasteiger partial charge on any atom is 0.289 e. The minimum atomic E-state index is -0.215. The lowest BCUT2D eigenvalue weighted by Crippen LogP contribution is -2.42. The average Bonchev–Trinajstić information content (AvgIpc) is 3.19. The molecule has 1 saturated heterocycles. The second-order valence-corrected chi connectivity index (χ2v) is 6.53. The van der Waals surface area contributed by atoms with Crippen LogP contribution >= 0.6 is 0 Å². The summed E-state index contributed by atoms with van der Waals surface area (Å²) in [4.78, 5) is 25.8. The number of carbonyl (C=O) groups is 2. The molecule has 2 heterocycles. The third-order valence-corrected chi connectivity index (χ3v) is 4.93. The number of amides is 2. The molecule has 0 radical (unpaired) electrons. The van der Waals surface area contributed by atoms with Crippen LogP contribution in [0, 0.1) is 0 Å². The van der Waals surface area contributed by atoms with Gasteiger partial charge in [-0.3, -0.25) is 14.5 Å². The molecule has 23 heavy (non-hydrogen) atoms. The van der Waals surface area contributed by atoms with Gasteiger partial charge in [-0.1, -0.05) is 5.16 Å². The zero-order chi connectivity index (χ0) is 16.4. The van der Waals surface area contributed by atoms with E-state index in [0.717, 1.165) is 31.4 Å². The predicted molar refractivity (Wildman–Crippen MR) is 84.1 cm³/mol. The van der Waals surface area contributed by atoms with Crippen molar-refractivity contribution in [1.29, 1.82) is 0 Å². The Hall–Kier alpha value is -1.89. The largest absolute Gasteiger partial charge is 0.359 e. The molecular weight excluding hydrogens is 296 g/mol. The van der Waals surface area contributed by atoms with Crippen molar-refractivity contribution in [1.82, 2.24) is 20.7 Å². The van der Waals surface area contributed by atoms with Gasteiger partial charge in [0.15, 0.2) is 0 Å². The molecular formula is C16H24N4O3. The van der Waals surface area contributed by atoms with Crippen LogP contribution in [0.1, 0.15) is 54.3 Å². The Morgan fingerprint density at radius 3 is 2.74 bits per heavy atom. The van der Waals surface area contributed by atoms with E-state index in [2.05, 4.69) is 20.7 Å². The number of likely N-dealkylation sites (N-methyl/N-ethyl adjacent to an activating group) is 1. The molecule has 0 spiro atoms. The summed E-state index contributed by atoms with van der Waals surface area (Å²) < 4.78 is 5.13. The van der Waals surface area contributed by atoms with Crippen LogP contribution in [-0.2, 0) is 4.79 Å². The molecule has 1 aliphatic heterocycles. The van der Waals surface area contributed by atoms with Gasteiger partial charge >= 0.3 is 0 Å². The monoisotopic (exact) mass is 320 g/mol. The van der Waals surface area contributed by atoms with Crippen molar-refractivity contribution in [3.8, 4) is 0 Å². The molecule has 2 aliphatic rings. The Kier molecular flexibility index (Phi) is 4.66. The van der Waals surface area contributed by atoms with Gasteiger partial charge in [0.2, 0.25) is 11.7 Å². The fraction of sp³-hybridized carbons (Fsp3) is 0.688. The third-order valence-electron chi connectivity index (χ3n) is 4.93. The average molecular weight is 320 g/mol. The number of rotatable bonds is 6. The van der Waals surface area contributed by atoms with Crippen LogP contribution in [0.5, 0.6) is 0 Å². The SMILES string of the molecule is CNC(=O)C[C@H]1CC[C@@H](CNC(=O)c2cc(C3CC3)no2)N1C. The fourth-order valence-corrected chi connectivity index (χ4v) is 3.16. The van der Waals surface area contributed by atoms with E-state index in [-0.39, 0.29) is 29.7 Å². The van der Waals surface area contributed by atoms with Crippen LogP contribution in [0.25, 0.3) is 0 Å². The molecule has 7 nitrogen and oxygen atoms in total. The number of aromatic nitrogens is 1. The molecule has 0 unspecified atom stereocenters. The van der Waals surface area contributed by atoms with Crippen LogP contribution in [0.2, 0.25) is 0 Å². The molecule has 1 aliphatic carbocycles. The van der Waals surface area contributed by atoms with Gasteiger partial charge in [0.25, 0.3) is 5.91 Å². The van der Waals surface area contributed by atoms with Crippen LogP contribution in [0.3, 0.4) is 0 Å². The van der Waals surface area contributed by atoms with E-state index in [0.29, 0.717) is 18.9 Å². The second-order valence-electron chi connectivity index (χ2n) is 6.53. The van der Waals surface area contributed by atoms with Crippen molar-refractivity contribution in [3.05, 3.63) is 17.5 Å². The molecule has 2 amide bonds. The van der Waals surface area contributed by atoms with Crippen molar-refractivity contribution in [2.75, 3.05) is 20.6 Å². The highest BCUT2D eigenvalue weighted by Crippen LogP contribution is 2.39. The summed E-state index contributed by atoms with van der Waals surface area (Å²) in [5, 5.41) is 9.54. The van der Waals surface area contributed by atoms with E-state index in [1.165, 1.54) is 0 Å². The van der Waals surface area contributed by atoms with Crippen LogP contribution in [0.15, 0.2) is 10.6 Å². The van der Waals surface area contributed by atoms with E-state index in [1.807, 2.05) is 7.05 Å². The number of likely N-dealkylation sites (tertiary alicyclic amines) is 1. The summed E-state index contributed by atoms with van der Waals surface area (Å²) in [6, 6.07) is 2.24. The van der Waals surface area contributed by atoms with Gasteiger partial charge in [0.05, 0.1) is 5.69 Å². The molecule has 0 bridgehead atoms. The predicted octanol–water partition coefficient (Wildman–Crippen LogP) is 0.881. The van der Waals surface area contributed by atoms with Crippen LogP contribution < -0.4 is 10.6 Å². The smallest absolute Gasteiger partial charge is 0.289 e. The quantitative estimate of drug-likeness (QED) is 0.812. The lowest BCUT2D eigenvalue weighted by molar-refractivity contribution is -0.121. The number of nitrogens with one attached hydrogen (secondary N) is 2. The Balaban J connectivity index is 1.47. The zero-order valence-corrected chi connectivity index (χ0v) is 13.7. The summed E-state index contributed by atoms with van der Waals surface area (Å²) in [5.41, 5.74) is 0.888. The first-order valence-corrected chi connectivity index (χ1v) is 8.25. The van der Waals surface area contributed by atoms with Gasteiger partial charge in [-0.05, 0) is 32.7 Å². The normalized spacial score (nSPS) is 24.6. The molecule has 1 saturated carbocycles. The standard InChI is InChI=1S/C16H24N4O3/c1-17-15(21)7-11-5-6-12(20(11)2)9-18-16(22)14-8-13(19-23-14)10-3-4-10/h8,10-12H,3-7,9H2,1-2H3,(H,17,21)(H,18,22)/t11-,12+/m1/s1. The Bertz CT molecular complexity index is 582. The van der Waals surface area contributed by atoms with E-state index < -0.39 is 0 Å². The fourth-order valence-electron chi connectivity index (χ4n) is 3.16. The van der Waals surface area contributed by atoms with Gasteiger partial charge < -0.3 is 15.2 Å². The van der Waals surface area contributed by atoms with Crippen molar-refractivity contribution in [2.45, 2.75) is 50.1 Å². The third kappa shape index (κ3) is 3.72. The van der Waals surface area contributed by atoms with Crippen molar-refractivity contribution >= 4 is 11.8 Å². The molecule has 2 atom stereocenters.